The maximum Gasteiger partial charge on any atom is 0.263 e. The van der Waals surface area contributed by atoms with Crippen LogP contribution in [-0.2, 0) is 25.7 Å². The van der Waals surface area contributed by atoms with E-state index in [1.165, 1.54) is 40.4 Å². The van der Waals surface area contributed by atoms with Gasteiger partial charge in [0.2, 0.25) is 0 Å². The van der Waals surface area contributed by atoms with Gasteiger partial charge in [0.1, 0.15) is 23.0 Å². The molecule has 2 heterocycles. The van der Waals surface area contributed by atoms with E-state index in [0.29, 0.717) is 17.1 Å². The van der Waals surface area contributed by atoms with Crippen molar-refractivity contribution in [1.29, 1.82) is 0 Å². The number of nitrogens with zero attached hydrogens (tertiary/aromatic N) is 2. The summed E-state index contributed by atoms with van der Waals surface area (Å²) in [5.74, 6) is -3.82. The van der Waals surface area contributed by atoms with Crippen LogP contribution in [0.3, 0.4) is 0 Å². The van der Waals surface area contributed by atoms with Crippen LogP contribution in [0.25, 0.3) is 20.9 Å². The lowest BCUT2D eigenvalue weighted by Crippen LogP contribution is -2.15. The lowest BCUT2D eigenvalue weighted by Gasteiger charge is -2.18. The number of fused-ring (bicyclic) bond motifs is 6. The Labute approximate surface area is 300 Å². The molecular formula is C40H31F3N4O2S2. The molecule has 2 aromatic heterocycles. The van der Waals surface area contributed by atoms with Crippen molar-refractivity contribution in [1.82, 2.24) is 9.97 Å². The fourth-order valence-corrected chi connectivity index (χ4v) is 9.20. The van der Waals surface area contributed by atoms with E-state index in [1.54, 1.807) is 19.1 Å². The molecule has 11 heteroatoms. The summed E-state index contributed by atoms with van der Waals surface area (Å²) in [6, 6.07) is 20.8. The molecule has 1 unspecified atom stereocenters. The number of rotatable bonds is 5. The molecule has 2 aliphatic rings. The number of thiazole rings is 2. The van der Waals surface area contributed by atoms with Crippen molar-refractivity contribution in [3.8, 4) is 20.9 Å². The van der Waals surface area contributed by atoms with E-state index < -0.39 is 34.8 Å². The molecule has 0 fully saturated rings. The minimum absolute atomic E-state index is 0.0120. The standard InChI is InChI=1S/C40H31F3N4O2S2/c1-20-12-13-24-17-25(19-32-36(26(24)16-20)51-40(45-32)47-38(49)34-29(42)9-5-10-30(34)43)23-15-14-22-7-4-11-31-35(27(22)18-23)50-39(44-31)46-37(48)33-21(2)6-3-8-28(33)41/h3,5-6,8-10,12-16,18,25H,4,7,11,17,19H2,1-2H3,(H,44,46,48)(H,45,47,49). The number of amides is 2. The van der Waals surface area contributed by atoms with Gasteiger partial charge in [-0.05, 0) is 110 Å². The van der Waals surface area contributed by atoms with Crippen LogP contribution in [0, 0.1) is 31.3 Å². The molecule has 0 bridgehead atoms. The van der Waals surface area contributed by atoms with Crippen LogP contribution >= 0.6 is 22.7 Å². The van der Waals surface area contributed by atoms with Crippen LogP contribution in [0.5, 0.6) is 0 Å². The fourth-order valence-electron chi connectivity index (χ4n) is 7.10. The van der Waals surface area contributed by atoms with Crippen LogP contribution in [0.15, 0.2) is 72.8 Å². The van der Waals surface area contributed by atoms with E-state index in [4.69, 9.17) is 9.97 Å². The van der Waals surface area contributed by atoms with Crippen LogP contribution in [0.4, 0.5) is 23.4 Å². The van der Waals surface area contributed by atoms with Gasteiger partial charge < -0.3 is 0 Å². The molecule has 1 atom stereocenters. The summed E-state index contributed by atoms with van der Waals surface area (Å²) in [5, 5.41) is 6.19. The number of hydrogen-bond donors (Lipinski definition) is 2. The Morgan fingerprint density at radius 2 is 1.29 bits per heavy atom. The van der Waals surface area contributed by atoms with Gasteiger partial charge in [0.25, 0.3) is 11.8 Å². The van der Waals surface area contributed by atoms with Crippen molar-refractivity contribution in [2.45, 2.75) is 51.9 Å². The number of carbonyl (C=O) groups excluding carboxylic acids is 2. The predicted molar refractivity (Wildman–Crippen MR) is 195 cm³/mol. The average molecular weight is 721 g/mol. The lowest BCUT2D eigenvalue weighted by atomic mass is 9.87. The second-order valence-electron chi connectivity index (χ2n) is 13.1. The fraction of sp³-hybridized carbons (Fsp3) is 0.200. The van der Waals surface area contributed by atoms with Crippen molar-refractivity contribution < 1.29 is 22.8 Å². The zero-order valence-electron chi connectivity index (χ0n) is 27.7. The quantitative estimate of drug-likeness (QED) is 0.186. The molecule has 256 valence electrons. The van der Waals surface area contributed by atoms with Crippen molar-refractivity contribution in [2.24, 2.45) is 0 Å². The molecule has 6 nitrogen and oxygen atoms in total. The van der Waals surface area contributed by atoms with E-state index in [-0.39, 0.29) is 16.6 Å². The van der Waals surface area contributed by atoms with Gasteiger partial charge in [-0.2, -0.15) is 0 Å². The van der Waals surface area contributed by atoms with Gasteiger partial charge in [0.15, 0.2) is 10.3 Å². The molecule has 8 rings (SSSR count). The highest BCUT2D eigenvalue weighted by atomic mass is 32.1. The largest absolute Gasteiger partial charge is 0.298 e. The molecule has 6 aromatic rings. The second kappa shape index (κ2) is 13.2. The van der Waals surface area contributed by atoms with E-state index in [1.807, 2.05) is 6.92 Å². The summed E-state index contributed by atoms with van der Waals surface area (Å²) in [4.78, 5) is 37.6. The van der Waals surface area contributed by atoms with Crippen molar-refractivity contribution >= 4 is 44.8 Å². The van der Waals surface area contributed by atoms with Crippen LogP contribution in [-0.4, -0.2) is 21.8 Å². The summed E-state index contributed by atoms with van der Waals surface area (Å²) in [6.07, 6.45) is 3.91. The Kier molecular flexibility index (Phi) is 8.55. The smallest absolute Gasteiger partial charge is 0.263 e. The molecule has 51 heavy (non-hydrogen) atoms. The number of anilines is 2. The number of hydrogen-bond acceptors (Lipinski definition) is 6. The zero-order chi connectivity index (χ0) is 35.4. The Bertz CT molecular complexity index is 2340. The first-order valence-corrected chi connectivity index (χ1v) is 18.3. The Balaban J connectivity index is 1.13. The zero-order valence-corrected chi connectivity index (χ0v) is 29.3. The first-order valence-electron chi connectivity index (χ1n) is 16.7. The molecule has 0 aliphatic heterocycles. The van der Waals surface area contributed by atoms with Crippen molar-refractivity contribution in [2.75, 3.05) is 10.6 Å². The summed E-state index contributed by atoms with van der Waals surface area (Å²) in [7, 11) is 0. The van der Waals surface area contributed by atoms with Gasteiger partial charge in [0.05, 0.1) is 26.7 Å². The van der Waals surface area contributed by atoms with Crippen molar-refractivity contribution in [3.63, 3.8) is 0 Å². The number of nitrogens with one attached hydrogen (secondary N) is 2. The summed E-state index contributed by atoms with van der Waals surface area (Å²) in [6.45, 7) is 3.73. The number of halogens is 3. The highest BCUT2D eigenvalue weighted by Crippen LogP contribution is 2.45. The van der Waals surface area contributed by atoms with E-state index >= 15 is 0 Å². The normalized spacial score (nSPS) is 14.7. The number of aromatic nitrogens is 2. The number of carbonyl (C=O) groups is 2. The molecule has 0 radical (unpaired) electrons. The molecular weight excluding hydrogens is 690 g/mol. The van der Waals surface area contributed by atoms with E-state index in [9.17, 15) is 22.8 Å². The van der Waals surface area contributed by atoms with Gasteiger partial charge in [-0.15, -0.1) is 0 Å². The molecule has 2 amide bonds. The highest BCUT2D eigenvalue weighted by Gasteiger charge is 2.29. The highest BCUT2D eigenvalue weighted by molar-refractivity contribution is 7.19. The Hall–Kier alpha value is -5.13. The van der Waals surface area contributed by atoms with E-state index in [2.05, 4.69) is 47.0 Å². The molecule has 0 saturated heterocycles. The monoisotopic (exact) mass is 720 g/mol. The first-order chi connectivity index (χ1) is 24.6. The van der Waals surface area contributed by atoms with Crippen LogP contribution < -0.4 is 10.6 Å². The molecule has 2 N–H and O–H groups in total. The second-order valence-corrected chi connectivity index (χ2v) is 15.1. The topological polar surface area (TPSA) is 84.0 Å². The van der Waals surface area contributed by atoms with Gasteiger partial charge in [-0.25, -0.2) is 23.1 Å². The van der Waals surface area contributed by atoms with E-state index in [0.717, 1.165) is 86.8 Å². The summed E-state index contributed by atoms with van der Waals surface area (Å²) >= 11 is 2.71. The van der Waals surface area contributed by atoms with Gasteiger partial charge in [-0.3, -0.25) is 20.2 Å². The number of aryl methyl sites for hydroxylation is 4. The van der Waals surface area contributed by atoms with Crippen molar-refractivity contribution in [3.05, 3.63) is 141 Å². The maximum atomic E-state index is 14.6. The predicted octanol–water partition coefficient (Wildman–Crippen LogP) is 9.84. The molecule has 2 aliphatic carbocycles. The summed E-state index contributed by atoms with van der Waals surface area (Å²) in [5.41, 5.74) is 8.30. The van der Waals surface area contributed by atoms with Crippen LogP contribution in [0.1, 0.15) is 72.3 Å². The van der Waals surface area contributed by atoms with Crippen LogP contribution in [0.2, 0.25) is 0 Å². The average Bonchev–Trinajstić information content (AvgIpc) is 3.58. The molecule has 4 aromatic carbocycles. The first kappa shape index (κ1) is 33.0. The Morgan fingerprint density at radius 1 is 0.686 bits per heavy atom. The third kappa shape index (κ3) is 6.25. The third-order valence-corrected chi connectivity index (χ3v) is 11.7. The Morgan fingerprint density at radius 3 is 2.02 bits per heavy atom. The summed E-state index contributed by atoms with van der Waals surface area (Å²) < 4.78 is 43.4. The maximum absolute atomic E-state index is 14.6. The minimum atomic E-state index is -0.936. The van der Waals surface area contributed by atoms with Gasteiger partial charge >= 0.3 is 0 Å². The lowest BCUT2D eigenvalue weighted by molar-refractivity contribution is 0.101. The van der Waals surface area contributed by atoms with Gasteiger partial charge in [0, 0.05) is 0 Å². The SMILES string of the molecule is Cc1ccc2c(c1)-c1sc(NC(=O)c3c(F)cccc3F)nc1CC(c1ccc3c(c1)-c1sc(NC(=O)c4c(C)cccc4F)nc1CCC3)C2. The third-order valence-electron chi connectivity index (χ3n) is 9.60. The number of benzene rings is 4. The molecule has 0 spiro atoms. The molecule has 0 saturated carbocycles. The van der Waals surface area contributed by atoms with Gasteiger partial charge in [-0.1, -0.05) is 76.8 Å². The minimum Gasteiger partial charge on any atom is -0.298 e.